The Labute approximate surface area is 191 Å². The van der Waals surface area contributed by atoms with Crippen LogP contribution >= 0.6 is 11.8 Å². The molecule has 168 valence electrons. The first-order valence-corrected chi connectivity index (χ1v) is 11.5. The zero-order valence-electron chi connectivity index (χ0n) is 18.3. The number of carbonyl (C=O) groups is 3. The topological polar surface area (TPSA) is 84.9 Å². The second kappa shape index (κ2) is 8.86. The average Bonchev–Trinajstić information content (AvgIpc) is 3.28. The molecule has 0 saturated carbocycles. The van der Waals surface area contributed by atoms with Gasteiger partial charge < -0.3 is 19.7 Å². The van der Waals surface area contributed by atoms with Crippen molar-refractivity contribution >= 4 is 35.2 Å². The maximum Gasteiger partial charge on any atom is 0.330 e. The van der Waals surface area contributed by atoms with Gasteiger partial charge in [0.1, 0.15) is 11.8 Å². The minimum absolute atomic E-state index is 0.0512. The van der Waals surface area contributed by atoms with Crippen molar-refractivity contribution in [2.45, 2.75) is 43.7 Å². The van der Waals surface area contributed by atoms with Gasteiger partial charge in [-0.2, -0.15) is 0 Å². The molecule has 0 aliphatic carbocycles. The van der Waals surface area contributed by atoms with Crippen molar-refractivity contribution in [1.82, 2.24) is 4.90 Å². The Bertz CT molecular complexity index is 1040. The predicted molar refractivity (Wildman–Crippen MR) is 122 cm³/mol. The van der Waals surface area contributed by atoms with Crippen molar-refractivity contribution in [2.24, 2.45) is 0 Å². The summed E-state index contributed by atoms with van der Waals surface area (Å²) in [6.45, 7) is 3.88. The summed E-state index contributed by atoms with van der Waals surface area (Å²) < 4.78 is 11.1. The summed E-state index contributed by atoms with van der Waals surface area (Å²) >= 11 is 1.58. The van der Waals surface area contributed by atoms with Gasteiger partial charge in [0.15, 0.2) is 0 Å². The smallest absolute Gasteiger partial charge is 0.330 e. The van der Waals surface area contributed by atoms with Crippen molar-refractivity contribution in [3.63, 3.8) is 0 Å². The van der Waals surface area contributed by atoms with Gasteiger partial charge in [0.05, 0.1) is 17.7 Å². The number of carbonyl (C=O) groups excluding carboxylic acids is 3. The van der Waals surface area contributed by atoms with Crippen molar-refractivity contribution in [2.75, 3.05) is 18.2 Å². The molecule has 0 radical (unpaired) electrons. The molecule has 1 N–H and O–H groups in total. The number of amides is 2. The SMILES string of the molecule is COc1ccc(C)cc1NC(=O)C(OC(=O)C1CSC2(C)CCC(=O)N12)c1ccccc1. The lowest BCUT2D eigenvalue weighted by atomic mass is 10.1. The number of benzene rings is 2. The van der Waals surface area contributed by atoms with Crippen LogP contribution in [0.15, 0.2) is 48.5 Å². The largest absolute Gasteiger partial charge is 0.495 e. The van der Waals surface area contributed by atoms with Crippen LogP contribution in [0.4, 0.5) is 5.69 Å². The molecule has 0 bridgehead atoms. The number of esters is 1. The van der Waals surface area contributed by atoms with Gasteiger partial charge in [-0.1, -0.05) is 36.4 Å². The van der Waals surface area contributed by atoms with Crippen LogP contribution in [0.3, 0.4) is 0 Å². The number of nitrogens with zero attached hydrogens (tertiary/aromatic N) is 1. The molecule has 2 aromatic rings. The third kappa shape index (κ3) is 4.19. The number of hydrogen-bond donors (Lipinski definition) is 1. The summed E-state index contributed by atoms with van der Waals surface area (Å²) in [5.74, 6) is -0.153. The maximum atomic E-state index is 13.3. The number of nitrogens with one attached hydrogen (secondary N) is 1. The van der Waals surface area contributed by atoms with E-state index >= 15 is 0 Å². The highest BCUT2D eigenvalue weighted by molar-refractivity contribution is 8.01. The number of rotatable bonds is 6. The Morgan fingerprint density at radius 1 is 1.22 bits per heavy atom. The zero-order chi connectivity index (χ0) is 22.9. The van der Waals surface area contributed by atoms with E-state index in [2.05, 4.69) is 5.32 Å². The fourth-order valence-corrected chi connectivity index (χ4v) is 5.63. The van der Waals surface area contributed by atoms with Gasteiger partial charge in [-0.25, -0.2) is 4.79 Å². The molecule has 2 heterocycles. The van der Waals surface area contributed by atoms with Crippen molar-refractivity contribution in [1.29, 1.82) is 0 Å². The van der Waals surface area contributed by atoms with Crippen LogP contribution in [0.1, 0.15) is 37.0 Å². The van der Waals surface area contributed by atoms with Crippen LogP contribution in [-0.4, -0.2) is 46.5 Å². The molecular formula is C24H26N2O5S. The molecule has 3 atom stereocenters. The molecule has 7 nitrogen and oxygen atoms in total. The quantitative estimate of drug-likeness (QED) is 0.671. The standard InChI is InChI=1S/C24H26N2O5S/c1-15-9-10-19(30-3)17(13-15)25-22(28)21(16-7-5-4-6-8-16)31-23(29)18-14-32-24(2)12-11-20(27)26(18)24/h4-10,13,18,21H,11-12,14H2,1-3H3,(H,25,28). The second-order valence-corrected chi connectivity index (χ2v) is 9.69. The third-order valence-electron chi connectivity index (χ3n) is 5.90. The molecule has 32 heavy (non-hydrogen) atoms. The summed E-state index contributed by atoms with van der Waals surface area (Å²) in [4.78, 5) is 40.1. The van der Waals surface area contributed by atoms with Crippen LogP contribution in [0, 0.1) is 6.92 Å². The van der Waals surface area contributed by atoms with E-state index in [9.17, 15) is 14.4 Å². The van der Waals surface area contributed by atoms with Gasteiger partial charge in [0.25, 0.3) is 5.91 Å². The predicted octanol–water partition coefficient (Wildman–Crippen LogP) is 3.68. The molecule has 0 spiro atoms. The number of aryl methyl sites for hydroxylation is 1. The Morgan fingerprint density at radius 3 is 2.69 bits per heavy atom. The van der Waals surface area contributed by atoms with Crippen LogP contribution < -0.4 is 10.1 Å². The fourth-order valence-electron chi connectivity index (χ4n) is 4.21. The number of thioether (sulfide) groups is 1. The highest BCUT2D eigenvalue weighted by atomic mass is 32.2. The van der Waals surface area contributed by atoms with E-state index in [1.807, 2.05) is 26.0 Å². The summed E-state index contributed by atoms with van der Waals surface area (Å²) in [6.07, 6.45) is -0.0394. The van der Waals surface area contributed by atoms with Crippen LogP contribution in [0.25, 0.3) is 0 Å². The number of methoxy groups -OCH3 is 1. The number of ether oxygens (including phenoxy) is 2. The molecule has 0 aromatic heterocycles. The summed E-state index contributed by atoms with van der Waals surface area (Å²) in [6, 6.07) is 13.6. The zero-order valence-corrected chi connectivity index (χ0v) is 19.1. The van der Waals surface area contributed by atoms with Gasteiger partial charge in [0, 0.05) is 17.7 Å². The second-order valence-electron chi connectivity index (χ2n) is 8.19. The molecule has 2 aromatic carbocycles. The first-order chi connectivity index (χ1) is 15.3. The van der Waals surface area contributed by atoms with E-state index < -0.39 is 24.0 Å². The molecule has 2 aliphatic heterocycles. The minimum Gasteiger partial charge on any atom is -0.495 e. The Hall–Kier alpha value is -3.00. The van der Waals surface area contributed by atoms with Gasteiger partial charge in [-0.05, 0) is 38.0 Å². The molecule has 2 saturated heterocycles. The van der Waals surface area contributed by atoms with E-state index in [1.54, 1.807) is 53.1 Å². The van der Waals surface area contributed by atoms with Gasteiger partial charge in [-0.3, -0.25) is 9.59 Å². The van der Waals surface area contributed by atoms with Crippen LogP contribution in [0.2, 0.25) is 0 Å². The van der Waals surface area contributed by atoms with Gasteiger partial charge in [-0.15, -0.1) is 11.8 Å². The lowest BCUT2D eigenvalue weighted by Crippen LogP contribution is -2.47. The molecule has 2 aliphatic rings. The number of anilines is 1. The van der Waals surface area contributed by atoms with Crippen molar-refractivity contribution < 1.29 is 23.9 Å². The third-order valence-corrected chi connectivity index (χ3v) is 7.41. The maximum absolute atomic E-state index is 13.3. The summed E-state index contributed by atoms with van der Waals surface area (Å²) in [7, 11) is 1.52. The lowest BCUT2D eigenvalue weighted by molar-refractivity contribution is -0.161. The molecular weight excluding hydrogens is 428 g/mol. The van der Waals surface area contributed by atoms with E-state index in [4.69, 9.17) is 9.47 Å². The van der Waals surface area contributed by atoms with E-state index in [1.165, 1.54) is 7.11 Å². The Balaban J connectivity index is 1.58. The summed E-state index contributed by atoms with van der Waals surface area (Å²) in [5, 5.41) is 2.83. The van der Waals surface area contributed by atoms with Crippen molar-refractivity contribution in [3.05, 3.63) is 59.7 Å². The molecule has 3 unspecified atom stereocenters. The first kappa shape index (κ1) is 22.2. The van der Waals surface area contributed by atoms with Crippen LogP contribution in [0.5, 0.6) is 5.75 Å². The number of fused-ring (bicyclic) bond motifs is 1. The molecule has 8 heteroatoms. The minimum atomic E-state index is -1.16. The monoisotopic (exact) mass is 454 g/mol. The normalized spacial score (nSPS) is 22.9. The molecule has 4 rings (SSSR count). The Kier molecular flexibility index (Phi) is 6.15. The van der Waals surface area contributed by atoms with E-state index in [0.29, 0.717) is 35.6 Å². The van der Waals surface area contributed by atoms with Crippen molar-refractivity contribution in [3.8, 4) is 5.75 Å². The number of hydrogen-bond acceptors (Lipinski definition) is 6. The van der Waals surface area contributed by atoms with Crippen LogP contribution in [-0.2, 0) is 19.1 Å². The highest BCUT2D eigenvalue weighted by Crippen LogP contribution is 2.47. The average molecular weight is 455 g/mol. The van der Waals surface area contributed by atoms with Gasteiger partial charge >= 0.3 is 5.97 Å². The van der Waals surface area contributed by atoms with E-state index in [0.717, 1.165) is 5.56 Å². The molecule has 2 fully saturated rings. The highest BCUT2D eigenvalue weighted by Gasteiger charge is 2.54. The first-order valence-electron chi connectivity index (χ1n) is 10.5. The van der Waals surface area contributed by atoms with Gasteiger partial charge in [0.2, 0.25) is 12.0 Å². The Morgan fingerprint density at radius 2 is 1.97 bits per heavy atom. The summed E-state index contributed by atoms with van der Waals surface area (Å²) in [5.41, 5.74) is 1.99. The molecule has 2 amide bonds. The van der Waals surface area contributed by atoms with E-state index in [-0.39, 0.29) is 10.8 Å². The lowest BCUT2D eigenvalue weighted by Gasteiger charge is -2.30. The fraction of sp³-hybridized carbons (Fsp3) is 0.375.